The van der Waals surface area contributed by atoms with Gasteiger partial charge in [-0.05, 0) is 41.1 Å². The summed E-state index contributed by atoms with van der Waals surface area (Å²) in [6.07, 6.45) is 1.65. The number of aromatic nitrogens is 1. The van der Waals surface area contributed by atoms with Crippen molar-refractivity contribution in [3.8, 4) is 0 Å². The molecule has 0 spiro atoms. The molecule has 0 aliphatic carbocycles. The van der Waals surface area contributed by atoms with Gasteiger partial charge in [0.05, 0.1) is 11.1 Å². The van der Waals surface area contributed by atoms with E-state index in [-0.39, 0.29) is 16.9 Å². The zero-order valence-corrected chi connectivity index (χ0v) is 9.61. The molecule has 3 nitrogen and oxygen atoms in total. The maximum atomic E-state index is 11.8. The molecule has 4 heteroatoms. The summed E-state index contributed by atoms with van der Waals surface area (Å²) in [5.41, 5.74) is 0.680. The van der Waals surface area contributed by atoms with Gasteiger partial charge in [-0.25, -0.2) is 0 Å². The van der Waals surface area contributed by atoms with Crippen LogP contribution in [0, 0.1) is 0 Å². The van der Waals surface area contributed by atoms with Crippen LogP contribution in [0.1, 0.15) is 17.3 Å². The minimum absolute atomic E-state index is 0.200. The quantitative estimate of drug-likeness (QED) is 0.742. The SMILES string of the molecule is CC(=O)c1cc(Br)c2ccccn2c1=O. The molecule has 0 atom stereocenters. The number of fused-ring (bicyclic) bond motifs is 1. The van der Waals surface area contributed by atoms with E-state index < -0.39 is 0 Å². The zero-order chi connectivity index (χ0) is 11.0. The van der Waals surface area contributed by atoms with Gasteiger partial charge < -0.3 is 0 Å². The normalized spacial score (nSPS) is 10.5. The van der Waals surface area contributed by atoms with Gasteiger partial charge >= 0.3 is 0 Å². The van der Waals surface area contributed by atoms with E-state index in [1.807, 2.05) is 12.1 Å². The number of rotatable bonds is 1. The Labute approximate surface area is 94.5 Å². The van der Waals surface area contributed by atoms with Crippen LogP contribution >= 0.6 is 15.9 Å². The lowest BCUT2D eigenvalue weighted by molar-refractivity contribution is 0.101. The van der Waals surface area contributed by atoms with Crippen LogP contribution in [0.5, 0.6) is 0 Å². The van der Waals surface area contributed by atoms with E-state index in [2.05, 4.69) is 15.9 Å². The van der Waals surface area contributed by atoms with Crippen LogP contribution in [0.15, 0.2) is 39.7 Å². The topological polar surface area (TPSA) is 38.5 Å². The van der Waals surface area contributed by atoms with E-state index in [1.54, 1.807) is 18.3 Å². The molecule has 2 rings (SSSR count). The fraction of sp³-hybridized carbons (Fsp3) is 0.0909. The molecule has 0 aliphatic rings. The van der Waals surface area contributed by atoms with Gasteiger partial charge in [-0.2, -0.15) is 0 Å². The highest BCUT2D eigenvalue weighted by molar-refractivity contribution is 9.10. The second-order valence-corrected chi connectivity index (χ2v) is 4.08. The van der Waals surface area contributed by atoms with Gasteiger partial charge in [0.15, 0.2) is 5.78 Å². The first-order chi connectivity index (χ1) is 7.11. The molecular weight excluding hydrogens is 258 g/mol. The molecule has 2 heterocycles. The maximum Gasteiger partial charge on any atom is 0.266 e. The third kappa shape index (κ3) is 1.61. The van der Waals surface area contributed by atoms with Crippen molar-refractivity contribution < 1.29 is 4.79 Å². The van der Waals surface area contributed by atoms with E-state index in [4.69, 9.17) is 0 Å². The highest BCUT2D eigenvalue weighted by Crippen LogP contribution is 2.17. The molecule has 0 saturated heterocycles. The molecule has 0 aromatic carbocycles. The van der Waals surface area contributed by atoms with Crippen molar-refractivity contribution in [2.24, 2.45) is 0 Å². The lowest BCUT2D eigenvalue weighted by atomic mass is 10.2. The molecule has 0 aliphatic heterocycles. The molecule has 0 unspecified atom stereocenters. The monoisotopic (exact) mass is 265 g/mol. The van der Waals surface area contributed by atoms with Crippen LogP contribution < -0.4 is 5.56 Å². The summed E-state index contributed by atoms with van der Waals surface area (Å²) in [5.74, 6) is -0.223. The third-order valence-electron chi connectivity index (χ3n) is 2.20. The van der Waals surface area contributed by atoms with E-state index in [1.165, 1.54) is 11.3 Å². The van der Waals surface area contributed by atoms with Gasteiger partial charge in [0, 0.05) is 10.7 Å². The number of Topliss-reactive ketones (excluding diaryl/α,β-unsaturated/α-hetero) is 1. The van der Waals surface area contributed by atoms with Crippen molar-refractivity contribution in [3.63, 3.8) is 0 Å². The summed E-state index contributed by atoms with van der Waals surface area (Å²) in [6.45, 7) is 1.39. The van der Waals surface area contributed by atoms with Crippen molar-refractivity contribution in [2.45, 2.75) is 6.92 Å². The van der Waals surface area contributed by atoms with E-state index >= 15 is 0 Å². The fourth-order valence-corrected chi connectivity index (χ4v) is 2.01. The third-order valence-corrected chi connectivity index (χ3v) is 2.84. The van der Waals surface area contributed by atoms with Gasteiger partial charge in [-0.3, -0.25) is 14.0 Å². The van der Waals surface area contributed by atoms with Crippen molar-refractivity contribution in [3.05, 3.63) is 50.9 Å². The van der Waals surface area contributed by atoms with Crippen LogP contribution in [0.2, 0.25) is 0 Å². The lowest BCUT2D eigenvalue weighted by Gasteiger charge is -2.04. The average molecular weight is 266 g/mol. The number of carbonyl (C=O) groups is 1. The van der Waals surface area contributed by atoms with Crippen molar-refractivity contribution in [1.82, 2.24) is 4.40 Å². The Bertz CT molecular complexity index is 601. The van der Waals surface area contributed by atoms with E-state index in [0.29, 0.717) is 0 Å². The highest BCUT2D eigenvalue weighted by atomic mass is 79.9. The summed E-state index contributed by atoms with van der Waals surface area (Å²) in [5, 5.41) is 0. The molecule has 0 radical (unpaired) electrons. The Kier molecular flexibility index (Phi) is 2.44. The molecule has 2 aromatic heterocycles. The number of pyridine rings is 2. The molecule has 2 aromatic rings. The first-order valence-electron chi connectivity index (χ1n) is 4.42. The van der Waals surface area contributed by atoms with E-state index in [9.17, 15) is 9.59 Å². The number of hydrogen-bond donors (Lipinski definition) is 0. The molecule has 0 amide bonds. The highest BCUT2D eigenvalue weighted by Gasteiger charge is 2.10. The smallest absolute Gasteiger partial charge is 0.266 e. The Hall–Kier alpha value is -1.42. The van der Waals surface area contributed by atoms with Crippen LogP contribution in [0.3, 0.4) is 0 Å². The molecular formula is C11H8BrNO2. The van der Waals surface area contributed by atoms with Crippen LogP contribution in [-0.2, 0) is 0 Å². The Morgan fingerprint density at radius 2 is 2.13 bits per heavy atom. The number of nitrogens with zero attached hydrogens (tertiary/aromatic N) is 1. The van der Waals surface area contributed by atoms with Crippen LogP contribution in [0.4, 0.5) is 0 Å². The minimum atomic E-state index is -0.277. The van der Waals surface area contributed by atoms with Crippen LogP contribution in [-0.4, -0.2) is 10.2 Å². The van der Waals surface area contributed by atoms with Crippen molar-refractivity contribution >= 4 is 27.2 Å². The molecule has 0 N–H and O–H groups in total. The number of hydrogen-bond acceptors (Lipinski definition) is 2. The molecule has 76 valence electrons. The largest absolute Gasteiger partial charge is 0.294 e. The predicted molar refractivity (Wildman–Crippen MR) is 61.4 cm³/mol. The Balaban J connectivity index is 2.97. The fourth-order valence-electron chi connectivity index (χ4n) is 1.46. The standard InChI is InChI=1S/C11H8BrNO2/c1-7(14)8-6-9(12)10-4-2-3-5-13(10)11(8)15/h2-6H,1H3. The van der Waals surface area contributed by atoms with Gasteiger partial charge in [-0.15, -0.1) is 0 Å². The summed E-state index contributed by atoms with van der Waals surface area (Å²) < 4.78 is 2.20. The van der Waals surface area contributed by atoms with Crippen molar-refractivity contribution in [1.29, 1.82) is 0 Å². The maximum absolute atomic E-state index is 11.8. The second kappa shape index (κ2) is 3.62. The molecule has 15 heavy (non-hydrogen) atoms. The zero-order valence-electron chi connectivity index (χ0n) is 8.03. The Morgan fingerprint density at radius 1 is 1.40 bits per heavy atom. The van der Waals surface area contributed by atoms with Gasteiger partial charge in [0.1, 0.15) is 0 Å². The summed E-state index contributed by atoms with van der Waals surface area (Å²) in [6, 6.07) is 6.98. The molecule has 0 saturated carbocycles. The first-order valence-corrected chi connectivity index (χ1v) is 5.21. The second-order valence-electron chi connectivity index (χ2n) is 3.22. The Morgan fingerprint density at radius 3 is 2.80 bits per heavy atom. The summed E-state index contributed by atoms with van der Waals surface area (Å²) in [7, 11) is 0. The molecule has 0 fully saturated rings. The van der Waals surface area contributed by atoms with Gasteiger partial charge in [0.2, 0.25) is 0 Å². The first kappa shape index (κ1) is 10.1. The lowest BCUT2D eigenvalue weighted by Crippen LogP contribution is -2.20. The number of halogens is 1. The van der Waals surface area contributed by atoms with E-state index in [0.717, 1.165) is 9.99 Å². The van der Waals surface area contributed by atoms with Gasteiger partial charge in [0.25, 0.3) is 5.56 Å². The van der Waals surface area contributed by atoms with Gasteiger partial charge in [-0.1, -0.05) is 6.07 Å². The minimum Gasteiger partial charge on any atom is -0.294 e. The average Bonchev–Trinajstić information content (AvgIpc) is 2.23. The number of ketones is 1. The predicted octanol–water partition coefficient (Wildman–Crippen LogP) is 2.26. The number of carbonyl (C=O) groups excluding carboxylic acids is 1. The summed E-state index contributed by atoms with van der Waals surface area (Å²) >= 11 is 3.34. The molecule has 0 bridgehead atoms. The summed E-state index contributed by atoms with van der Waals surface area (Å²) in [4.78, 5) is 23.1. The van der Waals surface area contributed by atoms with Crippen molar-refractivity contribution in [2.75, 3.05) is 0 Å². The van der Waals surface area contributed by atoms with Crippen LogP contribution in [0.25, 0.3) is 5.52 Å².